The first-order valence-corrected chi connectivity index (χ1v) is 11.4. The Balaban J connectivity index is 1.63. The van der Waals surface area contributed by atoms with Crippen molar-refractivity contribution in [1.29, 1.82) is 0 Å². The Hall–Kier alpha value is -1.53. The second-order valence-electron chi connectivity index (χ2n) is 9.43. The van der Waals surface area contributed by atoms with E-state index in [9.17, 15) is 0 Å². The lowest BCUT2D eigenvalue weighted by Gasteiger charge is -2.40. The molecule has 6 heteroatoms. The highest BCUT2D eigenvalue weighted by Gasteiger charge is 2.35. The Kier molecular flexibility index (Phi) is 8.01. The van der Waals surface area contributed by atoms with Crippen molar-refractivity contribution >= 4 is 5.96 Å². The highest BCUT2D eigenvalue weighted by molar-refractivity contribution is 5.79. The number of nitrogens with one attached hydrogen (secondary N) is 2. The van der Waals surface area contributed by atoms with Crippen LogP contribution >= 0.6 is 0 Å². The van der Waals surface area contributed by atoms with E-state index in [4.69, 9.17) is 14.1 Å². The van der Waals surface area contributed by atoms with Gasteiger partial charge in [0.2, 0.25) is 0 Å². The van der Waals surface area contributed by atoms with Gasteiger partial charge in [-0.15, -0.1) is 0 Å². The highest BCUT2D eigenvalue weighted by Crippen LogP contribution is 2.33. The summed E-state index contributed by atoms with van der Waals surface area (Å²) in [6, 6.07) is 4.26. The molecular weight excluding hydrogens is 364 g/mol. The molecule has 3 atom stereocenters. The van der Waals surface area contributed by atoms with E-state index in [1.807, 2.05) is 6.07 Å². The third-order valence-electron chi connectivity index (χ3n) is 6.05. The van der Waals surface area contributed by atoms with Crippen LogP contribution in [0.2, 0.25) is 0 Å². The van der Waals surface area contributed by atoms with Crippen LogP contribution in [0.1, 0.15) is 65.2 Å². The number of aliphatic imine (C=N–C) groups is 1. The number of hydrogen-bond acceptors (Lipinski definition) is 4. The number of hydrogen-bond donors (Lipinski definition) is 2. The van der Waals surface area contributed by atoms with Gasteiger partial charge in [0.1, 0.15) is 5.76 Å². The normalized spacial score (nSPS) is 25.2. The standard InChI is InChI=1S/C23H40N4O2/c1-5-24-22(25-16-18-10-8-15-29-21(18)23(2,3)4)26-17-19(20-11-9-14-28-20)27-12-6-7-13-27/h9,11,14,18-19,21H,5-8,10,12-13,15-17H2,1-4H3,(H2,24,25,26). The lowest BCUT2D eigenvalue weighted by atomic mass is 9.78. The lowest BCUT2D eigenvalue weighted by molar-refractivity contribution is -0.0835. The monoisotopic (exact) mass is 404 g/mol. The van der Waals surface area contributed by atoms with Crippen LogP contribution < -0.4 is 10.6 Å². The number of guanidine groups is 1. The summed E-state index contributed by atoms with van der Waals surface area (Å²) in [5, 5.41) is 7.01. The zero-order valence-electron chi connectivity index (χ0n) is 18.7. The van der Waals surface area contributed by atoms with Crippen LogP contribution in [0, 0.1) is 11.3 Å². The van der Waals surface area contributed by atoms with Crippen molar-refractivity contribution in [2.24, 2.45) is 16.3 Å². The maximum atomic E-state index is 6.14. The van der Waals surface area contributed by atoms with Crippen molar-refractivity contribution < 1.29 is 9.15 Å². The van der Waals surface area contributed by atoms with Crippen molar-refractivity contribution in [1.82, 2.24) is 15.5 Å². The molecule has 0 spiro atoms. The first-order chi connectivity index (χ1) is 14.0. The molecule has 3 rings (SSSR count). The van der Waals surface area contributed by atoms with Gasteiger partial charge >= 0.3 is 0 Å². The molecule has 0 radical (unpaired) electrons. The summed E-state index contributed by atoms with van der Waals surface area (Å²) in [5.41, 5.74) is 0.155. The molecule has 164 valence electrons. The Morgan fingerprint density at radius 2 is 2.03 bits per heavy atom. The quantitative estimate of drug-likeness (QED) is 0.534. The number of rotatable bonds is 7. The molecule has 3 unspecified atom stereocenters. The molecule has 1 aromatic rings. The molecule has 2 N–H and O–H groups in total. The summed E-state index contributed by atoms with van der Waals surface area (Å²) in [7, 11) is 0. The second kappa shape index (κ2) is 10.5. The minimum absolute atomic E-state index is 0.155. The lowest BCUT2D eigenvalue weighted by Crippen LogP contribution is -2.47. The van der Waals surface area contributed by atoms with Gasteiger partial charge in [-0.3, -0.25) is 9.89 Å². The van der Waals surface area contributed by atoms with Crippen molar-refractivity contribution in [3.05, 3.63) is 24.2 Å². The Labute approximate surface area is 176 Å². The molecule has 0 aromatic carbocycles. The van der Waals surface area contributed by atoms with E-state index in [0.717, 1.165) is 50.9 Å². The third kappa shape index (κ3) is 6.22. The van der Waals surface area contributed by atoms with Gasteiger partial charge in [0, 0.05) is 25.6 Å². The molecule has 2 aliphatic heterocycles. The summed E-state index contributed by atoms with van der Waals surface area (Å²) >= 11 is 0. The van der Waals surface area contributed by atoms with Crippen LogP contribution in [0.25, 0.3) is 0 Å². The third-order valence-corrected chi connectivity index (χ3v) is 6.05. The Morgan fingerprint density at radius 1 is 1.24 bits per heavy atom. The van der Waals surface area contributed by atoms with E-state index in [-0.39, 0.29) is 17.6 Å². The molecule has 3 heterocycles. The molecular formula is C23H40N4O2. The minimum Gasteiger partial charge on any atom is -0.468 e. The molecule has 2 saturated heterocycles. The van der Waals surface area contributed by atoms with Crippen molar-refractivity contribution in [3.63, 3.8) is 0 Å². The number of nitrogens with zero attached hydrogens (tertiary/aromatic N) is 2. The van der Waals surface area contributed by atoms with Gasteiger partial charge in [0.25, 0.3) is 0 Å². The summed E-state index contributed by atoms with van der Waals surface area (Å²) in [5.74, 6) is 2.41. The number of furan rings is 1. The molecule has 0 amide bonds. The average molecular weight is 405 g/mol. The average Bonchev–Trinajstić information content (AvgIpc) is 3.40. The van der Waals surface area contributed by atoms with Crippen LogP contribution in [0.5, 0.6) is 0 Å². The van der Waals surface area contributed by atoms with Gasteiger partial charge < -0.3 is 19.8 Å². The molecule has 0 saturated carbocycles. The number of ether oxygens (including phenoxy) is 1. The first kappa shape index (κ1) is 22.2. The zero-order chi connectivity index (χ0) is 20.7. The summed E-state index contributed by atoms with van der Waals surface area (Å²) in [6.07, 6.45) is 6.91. The highest BCUT2D eigenvalue weighted by atomic mass is 16.5. The molecule has 2 aliphatic rings. The van der Waals surface area contributed by atoms with E-state index in [0.29, 0.717) is 12.5 Å². The van der Waals surface area contributed by atoms with Crippen molar-refractivity contribution in [3.8, 4) is 0 Å². The SMILES string of the molecule is CCNC(=NCC(c1ccco1)N1CCCC1)NCC1CCCOC1C(C)(C)C. The Morgan fingerprint density at radius 3 is 2.69 bits per heavy atom. The van der Waals surface area contributed by atoms with Crippen molar-refractivity contribution in [2.75, 3.05) is 39.3 Å². The van der Waals surface area contributed by atoms with Crippen LogP contribution in [-0.4, -0.2) is 56.3 Å². The van der Waals surface area contributed by atoms with Crippen molar-refractivity contribution in [2.45, 2.75) is 65.5 Å². The zero-order valence-corrected chi connectivity index (χ0v) is 18.7. The minimum atomic E-state index is 0.155. The number of likely N-dealkylation sites (tertiary alicyclic amines) is 1. The van der Waals surface area contributed by atoms with E-state index in [1.54, 1.807) is 6.26 Å². The van der Waals surface area contributed by atoms with Gasteiger partial charge in [-0.2, -0.15) is 0 Å². The summed E-state index contributed by atoms with van der Waals surface area (Å²) < 4.78 is 11.9. The van der Waals surface area contributed by atoms with Crippen LogP contribution in [-0.2, 0) is 4.74 Å². The summed E-state index contributed by atoms with van der Waals surface area (Å²) in [4.78, 5) is 7.43. The predicted octanol–water partition coefficient (Wildman–Crippen LogP) is 3.81. The fourth-order valence-corrected chi connectivity index (χ4v) is 4.68. The topological polar surface area (TPSA) is 62.0 Å². The van der Waals surface area contributed by atoms with Crippen LogP contribution in [0.4, 0.5) is 0 Å². The maximum Gasteiger partial charge on any atom is 0.191 e. The van der Waals surface area contributed by atoms with E-state index < -0.39 is 0 Å². The molecule has 0 aliphatic carbocycles. The second-order valence-corrected chi connectivity index (χ2v) is 9.43. The van der Waals surface area contributed by atoms with E-state index in [2.05, 4.69) is 49.3 Å². The van der Waals surface area contributed by atoms with Crippen LogP contribution in [0.3, 0.4) is 0 Å². The van der Waals surface area contributed by atoms with Gasteiger partial charge in [-0.25, -0.2) is 0 Å². The molecule has 6 nitrogen and oxygen atoms in total. The van der Waals surface area contributed by atoms with Gasteiger partial charge in [0.15, 0.2) is 5.96 Å². The molecule has 2 fully saturated rings. The Bertz CT molecular complexity index is 617. The van der Waals surface area contributed by atoms with Gasteiger partial charge in [-0.05, 0) is 63.2 Å². The fourth-order valence-electron chi connectivity index (χ4n) is 4.68. The molecule has 0 bridgehead atoms. The van der Waals surface area contributed by atoms with E-state index in [1.165, 1.54) is 19.3 Å². The molecule has 1 aromatic heterocycles. The molecule has 29 heavy (non-hydrogen) atoms. The predicted molar refractivity (Wildman–Crippen MR) is 118 cm³/mol. The largest absolute Gasteiger partial charge is 0.468 e. The van der Waals surface area contributed by atoms with Crippen LogP contribution in [0.15, 0.2) is 27.8 Å². The maximum absolute atomic E-state index is 6.14. The van der Waals surface area contributed by atoms with Gasteiger partial charge in [0.05, 0.1) is 25.0 Å². The first-order valence-electron chi connectivity index (χ1n) is 11.4. The fraction of sp³-hybridized carbons (Fsp3) is 0.783. The van der Waals surface area contributed by atoms with Gasteiger partial charge in [-0.1, -0.05) is 20.8 Å². The van der Waals surface area contributed by atoms with E-state index >= 15 is 0 Å². The summed E-state index contributed by atoms with van der Waals surface area (Å²) in [6.45, 7) is 14.5. The smallest absolute Gasteiger partial charge is 0.191 e.